The van der Waals surface area contributed by atoms with Crippen molar-refractivity contribution in [1.82, 2.24) is 5.32 Å². The fourth-order valence-electron chi connectivity index (χ4n) is 0.709. The highest BCUT2D eigenvalue weighted by Crippen LogP contribution is 2.03. The van der Waals surface area contributed by atoms with Gasteiger partial charge in [0.25, 0.3) is 0 Å². The van der Waals surface area contributed by atoms with Crippen LogP contribution >= 0.6 is 0 Å². The largest absolute Gasteiger partial charge is 0.391 e. The van der Waals surface area contributed by atoms with E-state index in [2.05, 4.69) is 10.2 Å². The molecule has 0 radical (unpaired) electrons. The summed E-state index contributed by atoms with van der Waals surface area (Å²) in [5, 5.41) is 20.1. The molecule has 0 amide bonds. The van der Waals surface area contributed by atoms with Crippen LogP contribution in [-0.2, 0) is 9.68 Å². The lowest BCUT2D eigenvalue weighted by Crippen LogP contribution is -2.35. The zero-order chi connectivity index (χ0) is 9.56. The first-order chi connectivity index (χ1) is 5.63. The van der Waals surface area contributed by atoms with Gasteiger partial charge in [-0.05, 0) is 13.5 Å². The summed E-state index contributed by atoms with van der Waals surface area (Å²) in [4.78, 5) is 14.1. The van der Waals surface area contributed by atoms with E-state index in [0.29, 0.717) is 6.54 Å². The van der Waals surface area contributed by atoms with Crippen molar-refractivity contribution in [3.8, 4) is 0 Å². The molecule has 0 spiro atoms. The van der Waals surface area contributed by atoms with E-state index >= 15 is 0 Å². The SMILES string of the molecule is CCNCC(O)C(C)C(=O)OO. The standard InChI is InChI=1S/C7H15NO4/c1-3-8-4-6(9)5(2)7(10)12-11/h5-6,8-9,11H,3-4H2,1-2H3. The number of rotatable bonds is 5. The maximum atomic E-state index is 10.7. The minimum absolute atomic E-state index is 0.312. The number of carbonyl (C=O) groups excluding carboxylic acids is 1. The van der Waals surface area contributed by atoms with Crippen LogP contribution in [0.5, 0.6) is 0 Å². The number of aliphatic hydroxyl groups is 1. The van der Waals surface area contributed by atoms with Gasteiger partial charge in [-0.25, -0.2) is 4.79 Å². The maximum absolute atomic E-state index is 10.7. The van der Waals surface area contributed by atoms with Gasteiger partial charge in [-0.3, -0.25) is 0 Å². The number of nitrogens with one attached hydrogen (secondary N) is 1. The number of hydrogen-bond acceptors (Lipinski definition) is 5. The van der Waals surface area contributed by atoms with Crippen molar-refractivity contribution < 1.29 is 20.0 Å². The number of carbonyl (C=O) groups is 1. The lowest BCUT2D eigenvalue weighted by Gasteiger charge is -2.15. The molecule has 0 aliphatic rings. The molecule has 0 saturated carbocycles. The molecule has 0 aromatic heterocycles. The zero-order valence-corrected chi connectivity index (χ0v) is 7.28. The van der Waals surface area contributed by atoms with E-state index < -0.39 is 18.0 Å². The summed E-state index contributed by atoms with van der Waals surface area (Å²) >= 11 is 0. The lowest BCUT2D eigenvalue weighted by atomic mass is 10.1. The molecule has 0 aliphatic heterocycles. The third kappa shape index (κ3) is 3.66. The Labute approximate surface area is 71.3 Å². The van der Waals surface area contributed by atoms with Crippen LogP contribution in [0.3, 0.4) is 0 Å². The molecule has 3 N–H and O–H groups in total. The van der Waals surface area contributed by atoms with Gasteiger partial charge in [-0.15, -0.1) is 0 Å². The normalized spacial score (nSPS) is 15.3. The number of hydrogen-bond donors (Lipinski definition) is 3. The Morgan fingerprint density at radius 3 is 2.67 bits per heavy atom. The van der Waals surface area contributed by atoms with Gasteiger partial charge in [-0.1, -0.05) is 6.92 Å². The first kappa shape index (κ1) is 11.4. The van der Waals surface area contributed by atoms with Gasteiger partial charge in [0.05, 0.1) is 12.0 Å². The van der Waals surface area contributed by atoms with Crippen LogP contribution in [0, 0.1) is 5.92 Å². The first-order valence-corrected chi connectivity index (χ1v) is 3.87. The smallest absolute Gasteiger partial charge is 0.347 e. The minimum Gasteiger partial charge on any atom is -0.391 e. The average molecular weight is 177 g/mol. The molecule has 2 unspecified atom stereocenters. The van der Waals surface area contributed by atoms with Crippen molar-refractivity contribution in [2.24, 2.45) is 5.92 Å². The van der Waals surface area contributed by atoms with Crippen molar-refractivity contribution in [3.05, 3.63) is 0 Å². The lowest BCUT2D eigenvalue weighted by molar-refractivity contribution is -0.241. The van der Waals surface area contributed by atoms with Crippen LogP contribution in [0.2, 0.25) is 0 Å². The van der Waals surface area contributed by atoms with Gasteiger partial charge in [-0.2, -0.15) is 5.26 Å². The second kappa shape index (κ2) is 5.93. The third-order valence-corrected chi connectivity index (χ3v) is 1.64. The highest BCUT2D eigenvalue weighted by Gasteiger charge is 2.22. The topological polar surface area (TPSA) is 78.8 Å². The molecular formula is C7H15NO4. The average Bonchev–Trinajstić information content (AvgIpc) is 2.11. The number of aliphatic hydroxyl groups excluding tert-OH is 1. The molecule has 0 aliphatic carbocycles. The molecule has 0 aromatic rings. The monoisotopic (exact) mass is 177 g/mol. The van der Waals surface area contributed by atoms with Crippen LogP contribution in [0.15, 0.2) is 0 Å². The van der Waals surface area contributed by atoms with Gasteiger partial charge < -0.3 is 15.3 Å². The maximum Gasteiger partial charge on any atom is 0.347 e. The Bertz CT molecular complexity index is 139. The predicted molar refractivity (Wildman–Crippen MR) is 42.4 cm³/mol. The summed E-state index contributed by atoms with van der Waals surface area (Å²) in [6, 6.07) is 0. The predicted octanol–water partition coefficient (Wildman–Crippen LogP) is -0.391. The van der Waals surface area contributed by atoms with Gasteiger partial charge in [0.15, 0.2) is 0 Å². The molecule has 0 rings (SSSR count). The van der Waals surface area contributed by atoms with Crippen LogP contribution < -0.4 is 5.32 Å². The van der Waals surface area contributed by atoms with Crippen molar-refractivity contribution in [2.45, 2.75) is 20.0 Å². The van der Waals surface area contributed by atoms with E-state index in [0.717, 1.165) is 6.54 Å². The zero-order valence-electron chi connectivity index (χ0n) is 7.28. The minimum atomic E-state index is -0.829. The molecule has 5 heteroatoms. The van der Waals surface area contributed by atoms with Gasteiger partial charge in [0.1, 0.15) is 0 Å². The quantitative estimate of drug-likeness (QED) is 0.393. The molecule has 0 heterocycles. The summed E-state index contributed by atoms with van der Waals surface area (Å²) in [5.74, 6) is -1.53. The first-order valence-electron chi connectivity index (χ1n) is 3.87. The number of likely N-dealkylation sites (N-methyl/N-ethyl adjacent to an activating group) is 1. The third-order valence-electron chi connectivity index (χ3n) is 1.64. The van der Waals surface area contributed by atoms with Crippen molar-refractivity contribution in [3.63, 3.8) is 0 Å². The van der Waals surface area contributed by atoms with Crippen molar-refractivity contribution in [2.75, 3.05) is 13.1 Å². The fraction of sp³-hybridized carbons (Fsp3) is 0.857. The summed E-state index contributed by atoms with van der Waals surface area (Å²) in [6.07, 6.45) is -0.829. The summed E-state index contributed by atoms with van der Waals surface area (Å²) in [6.45, 7) is 4.41. The van der Waals surface area contributed by atoms with Crippen LogP contribution in [-0.4, -0.2) is 35.5 Å². The van der Waals surface area contributed by atoms with E-state index in [-0.39, 0.29) is 0 Å². The highest BCUT2D eigenvalue weighted by atomic mass is 17.1. The molecule has 5 nitrogen and oxygen atoms in total. The van der Waals surface area contributed by atoms with Gasteiger partial charge in [0.2, 0.25) is 0 Å². The Morgan fingerprint density at radius 2 is 2.25 bits per heavy atom. The molecule has 0 bridgehead atoms. The van der Waals surface area contributed by atoms with Crippen LogP contribution in [0.4, 0.5) is 0 Å². The van der Waals surface area contributed by atoms with Gasteiger partial charge in [0, 0.05) is 6.54 Å². The van der Waals surface area contributed by atoms with Crippen molar-refractivity contribution in [1.29, 1.82) is 0 Å². The van der Waals surface area contributed by atoms with E-state index in [9.17, 15) is 9.90 Å². The van der Waals surface area contributed by atoms with Gasteiger partial charge >= 0.3 is 5.97 Å². The molecule has 12 heavy (non-hydrogen) atoms. The highest BCUT2D eigenvalue weighted by molar-refractivity contribution is 5.71. The van der Waals surface area contributed by atoms with Crippen LogP contribution in [0.25, 0.3) is 0 Å². The summed E-state index contributed by atoms with van der Waals surface area (Å²) in [5.41, 5.74) is 0. The molecular weight excluding hydrogens is 162 g/mol. The van der Waals surface area contributed by atoms with Crippen LogP contribution in [0.1, 0.15) is 13.8 Å². The Kier molecular flexibility index (Phi) is 5.61. The molecule has 0 aromatic carbocycles. The molecule has 72 valence electrons. The van der Waals surface area contributed by atoms with E-state index in [4.69, 9.17) is 5.26 Å². The van der Waals surface area contributed by atoms with E-state index in [1.807, 2.05) is 6.92 Å². The van der Waals surface area contributed by atoms with Crippen molar-refractivity contribution >= 4 is 5.97 Å². The molecule has 0 saturated heterocycles. The Balaban J connectivity index is 3.75. The second-order valence-electron chi connectivity index (χ2n) is 2.57. The molecule has 0 fully saturated rings. The summed E-state index contributed by atoms with van der Waals surface area (Å²) in [7, 11) is 0. The Hall–Kier alpha value is -0.650. The second-order valence-corrected chi connectivity index (χ2v) is 2.57. The summed E-state index contributed by atoms with van der Waals surface area (Å²) < 4.78 is 0. The van der Waals surface area contributed by atoms with E-state index in [1.54, 1.807) is 0 Å². The fourth-order valence-corrected chi connectivity index (χ4v) is 0.709. The Morgan fingerprint density at radius 1 is 1.67 bits per heavy atom. The molecule has 2 atom stereocenters. The van der Waals surface area contributed by atoms with E-state index in [1.165, 1.54) is 6.92 Å².